The molecule has 5 nitrogen and oxygen atoms in total. The molecule has 4 rings (SSSR count). The van der Waals surface area contributed by atoms with Gasteiger partial charge in [0.05, 0.1) is 4.47 Å². The van der Waals surface area contributed by atoms with E-state index in [0.717, 1.165) is 29.2 Å². The minimum absolute atomic E-state index is 0.350. The molecule has 1 saturated carbocycles. The molecule has 0 radical (unpaired) electrons. The van der Waals surface area contributed by atoms with Crippen molar-refractivity contribution >= 4 is 27.5 Å². The van der Waals surface area contributed by atoms with E-state index in [1.165, 1.54) is 19.3 Å². The van der Waals surface area contributed by atoms with Gasteiger partial charge in [-0.25, -0.2) is 4.52 Å². The molecule has 106 valence electrons. The summed E-state index contributed by atoms with van der Waals surface area (Å²) in [6.07, 6.45) is 5.66. The van der Waals surface area contributed by atoms with Crippen molar-refractivity contribution in [3.63, 3.8) is 0 Å². The van der Waals surface area contributed by atoms with Crippen LogP contribution in [0.1, 0.15) is 19.3 Å². The maximum Gasteiger partial charge on any atom is 0.245 e. The SMILES string of the molecule is NC1CCCC2CN(c3nc4c(Br)cccn4n3)CC12. The third-order valence-electron chi connectivity index (χ3n) is 4.74. The van der Waals surface area contributed by atoms with Crippen molar-refractivity contribution in [2.75, 3.05) is 18.0 Å². The fourth-order valence-corrected chi connectivity index (χ4v) is 4.10. The number of rotatable bonds is 1. The summed E-state index contributed by atoms with van der Waals surface area (Å²) in [4.78, 5) is 6.97. The van der Waals surface area contributed by atoms with Crippen LogP contribution in [0.15, 0.2) is 22.8 Å². The Kier molecular flexibility index (Phi) is 2.96. The Morgan fingerprint density at radius 1 is 1.30 bits per heavy atom. The highest BCUT2D eigenvalue weighted by Crippen LogP contribution is 2.36. The van der Waals surface area contributed by atoms with Crippen LogP contribution < -0.4 is 10.6 Å². The van der Waals surface area contributed by atoms with Crippen LogP contribution in [-0.4, -0.2) is 33.7 Å². The van der Waals surface area contributed by atoms with Gasteiger partial charge in [0.1, 0.15) is 0 Å². The first-order valence-corrected chi connectivity index (χ1v) is 8.03. The van der Waals surface area contributed by atoms with Crippen molar-refractivity contribution in [3.05, 3.63) is 22.8 Å². The first kappa shape index (κ1) is 12.6. The van der Waals surface area contributed by atoms with Gasteiger partial charge in [-0.1, -0.05) is 6.42 Å². The molecular weight excluding hydrogens is 318 g/mol. The highest BCUT2D eigenvalue weighted by Gasteiger charge is 2.39. The van der Waals surface area contributed by atoms with E-state index < -0.39 is 0 Å². The zero-order valence-corrected chi connectivity index (χ0v) is 12.8. The maximum atomic E-state index is 6.28. The molecule has 2 aromatic rings. The second-order valence-electron chi connectivity index (χ2n) is 5.96. The fourth-order valence-electron chi connectivity index (χ4n) is 3.68. The van der Waals surface area contributed by atoms with Crippen LogP contribution in [-0.2, 0) is 0 Å². The van der Waals surface area contributed by atoms with Crippen LogP contribution in [0.2, 0.25) is 0 Å². The quantitative estimate of drug-likeness (QED) is 0.866. The number of fused-ring (bicyclic) bond motifs is 2. The van der Waals surface area contributed by atoms with Gasteiger partial charge >= 0.3 is 0 Å². The molecule has 2 fully saturated rings. The summed E-state index contributed by atoms with van der Waals surface area (Å²) in [5.74, 6) is 2.16. The van der Waals surface area contributed by atoms with E-state index >= 15 is 0 Å². The lowest BCUT2D eigenvalue weighted by atomic mass is 9.78. The van der Waals surface area contributed by atoms with Crippen molar-refractivity contribution < 1.29 is 0 Å². The number of nitrogens with zero attached hydrogens (tertiary/aromatic N) is 4. The normalized spacial score (nSPS) is 29.9. The second-order valence-corrected chi connectivity index (χ2v) is 6.81. The Balaban J connectivity index is 1.65. The highest BCUT2D eigenvalue weighted by molar-refractivity contribution is 9.10. The molecule has 1 saturated heterocycles. The second kappa shape index (κ2) is 4.70. The van der Waals surface area contributed by atoms with Gasteiger partial charge in [-0.15, -0.1) is 5.10 Å². The van der Waals surface area contributed by atoms with Crippen LogP contribution in [0.25, 0.3) is 5.65 Å². The number of aromatic nitrogens is 3. The molecule has 20 heavy (non-hydrogen) atoms. The van der Waals surface area contributed by atoms with Crippen molar-refractivity contribution in [1.82, 2.24) is 14.6 Å². The lowest BCUT2D eigenvalue weighted by Crippen LogP contribution is -2.38. The first-order chi connectivity index (χ1) is 9.72. The standard InChI is InChI=1S/C14H18BrN5/c15-11-4-2-6-20-13(11)17-14(18-20)19-7-9-3-1-5-12(16)10(9)8-19/h2,4,6,9-10,12H,1,3,5,7-8,16H2. The van der Waals surface area contributed by atoms with E-state index in [2.05, 4.69) is 30.9 Å². The number of anilines is 1. The number of hydrogen-bond donors (Lipinski definition) is 1. The van der Waals surface area contributed by atoms with Gasteiger partial charge in [-0.05, 0) is 52.7 Å². The van der Waals surface area contributed by atoms with Gasteiger partial charge in [-0.3, -0.25) is 0 Å². The number of pyridine rings is 1. The molecule has 1 aliphatic heterocycles. The summed E-state index contributed by atoms with van der Waals surface area (Å²) in [7, 11) is 0. The predicted octanol–water partition coefficient (Wildman–Crippen LogP) is 2.06. The molecule has 3 atom stereocenters. The Morgan fingerprint density at radius 3 is 3.00 bits per heavy atom. The molecule has 2 aromatic heterocycles. The van der Waals surface area contributed by atoms with Crippen LogP contribution in [0.5, 0.6) is 0 Å². The van der Waals surface area contributed by atoms with Crippen molar-refractivity contribution in [2.45, 2.75) is 25.3 Å². The summed E-state index contributed by atoms with van der Waals surface area (Å²) in [5, 5.41) is 4.60. The summed E-state index contributed by atoms with van der Waals surface area (Å²) < 4.78 is 2.81. The van der Waals surface area contributed by atoms with Gasteiger partial charge < -0.3 is 10.6 Å². The Hall–Kier alpha value is -1.14. The van der Waals surface area contributed by atoms with E-state index in [0.29, 0.717) is 17.9 Å². The van der Waals surface area contributed by atoms with E-state index in [1.54, 1.807) is 0 Å². The molecule has 1 aliphatic carbocycles. The Morgan fingerprint density at radius 2 is 2.20 bits per heavy atom. The fraction of sp³-hybridized carbons (Fsp3) is 0.571. The van der Waals surface area contributed by atoms with Crippen molar-refractivity contribution in [3.8, 4) is 0 Å². The van der Waals surface area contributed by atoms with Gasteiger partial charge in [0.15, 0.2) is 5.65 Å². The zero-order chi connectivity index (χ0) is 13.7. The summed E-state index contributed by atoms with van der Waals surface area (Å²) in [6, 6.07) is 4.31. The van der Waals surface area contributed by atoms with Crippen LogP contribution in [0, 0.1) is 11.8 Å². The van der Waals surface area contributed by atoms with Crippen LogP contribution in [0.4, 0.5) is 5.95 Å². The van der Waals surface area contributed by atoms with Crippen molar-refractivity contribution in [1.29, 1.82) is 0 Å². The van der Waals surface area contributed by atoms with Gasteiger partial charge in [0.25, 0.3) is 0 Å². The number of halogens is 1. The molecule has 0 aromatic carbocycles. The number of nitrogens with two attached hydrogens (primary N) is 1. The molecule has 0 amide bonds. The highest BCUT2D eigenvalue weighted by atomic mass is 79.9. The topological polar surface area (TPSA) is 59.5 Å². The molecule has 6 heteroatoms. The van der Waals surface area contributed by atoms with Crippen LogP contribution in [0.3, 0.4) is 0 Å². The maximum absolute atomic E-state index is 6.28. The Labute approximate surface area is 126 Å². The first-order valence-electron chi connectivity index (χ1n) is 7.24. The third-order valence-corrected chi connectivity index (χ3v) is 5.36. The summed E-state index contributed by atoms with van der Waals surface area (Å²) in [5.41, 5.74) is 7.16. The predicted molar refractivity (Wildman–Crippen MR) is 81.7 cm³/mol. The lowest BCUT2D eigenvalue weighted by Gasteiger charge is -2.29. The minimum atomic E-state index is 0.350. The van der Waals surface area contributed by atoms with E-state index in [4.69, 9.17) is 5.73 Å². The van der Waals surface area contributed by atoms with Gasteiger partial charge in [-0.2, -0.15) is 4.98 Å². The van der Waals surface area contributed by atoms with E-state index in [1.807, 2.05) is 22.8 Å². The molecule has 2 aliphatic rings. The molecule has 2 N–H and O–H groups in total. The summed E-state index contributed by atoms with van der Waals surface area (Å²) in [6.45, 7) is 2.05. The largest absolute Gasteiger partial charge is 0.339 e. The monoisotopic (exact) mass is 335 g/mol. The number of hydrogen-bond acceptors (Lipinski definition) is 4. The molecule has 0 bridgehead atoms. The molecule has 3 heterocycles. The van der Waals surface area contributed by atoms with E-state index in [-0.39, 0.29) is 0 Å². The third kappa shape index (κ3) is 1.93. The van der Waals surface area contributed by atoms with Crippen LogP contribution >= 0.6 is 15.9 Å². The molecule has 3 unspecified atom stereocenters. The average Bonchev–Trinajstić information content (AvgIpc) is 3.03. The Bertz CT molecular complexity index is 640. The van der Waals surface area contributed by atoms with Gasteiger partial charge in [0.2, 0.25) is 5.95 Å². The smallest absolute Gasteiger partial charge is 0.245 e. The lowest BCUT2D eigenvalue weighted by molar-refractivity contribution is 0.260. The average molecular weight is 336 g/mol. The van der Waals surface area contributed by atoms with Gasteiger partial charge in [0, 0.05) is 25.3 Å². The van der Waals surface area contributed by atoms with E-state index in [9.17, 15) is 0 Å². The zero-order valence-electron chi connectivity index (χ0n) is 11.2. The van der Waals surface area contributed by atoms with Crippen molar-refractivity contribution in [2.24, 2.45) is 17.6 Å². The molecular formula is C14H18BrN5. The minimum Gasteiger partial charge on any atom is -0.339 e. The molecule has 0 spiro atoms. The summed E-state index contributed by atoms with van der Waals surface area (Å²) >= 11 is 3.53.